The Morgan fingerprint density at radius 1 is 1.17 bits per heavy atom. The summed E-state index contributed by atoms with van der Waals surface area (Å²) in [5.74, 6) is 1.16. The number of fused-ring (bicyclic) bond motifs is 1. The molecule has 1 aromatic carbocycles. The van der Waals surface area contributed by atoms with Crippen LogP contribution in [0.3, 0.4) is 0 Å². The molecule has 4 rings (SSSR count). The van der Waals surface area contributed by atoms with Crippen LogP contribution in [0.2, 0.25) is 0 Å². The molecule has 2 aromatic heterocycles. The first-order valence-corrected chi connectivity index (χ1v) is 11.1. The second-order valence-corrected chi connectivity index (χ2v) is 8.93. The number of aryl methyl sites for hydroxylation is 1. The summed E-state index contributed by atoms with van der Waals surface area (Å²) in [5.41, 5.74) is 2.64. The number of amides is 2. The highest BCUT2D eigenvalue weighted by molar-refractivity contribution is 7.12. The number of anilines is 1. The standard InChI is InChI=1S/C22H27N5O2S/c1-15(2)22(29)27-10-8-26(9-11-27)14-20-24-17-13-16(6-7-18(17)25(20)3)23-21(28)19-5-4-12-30-19/h4-7,12-13,15H,8-11,14H2,1-3H3,(H,23,28). The van der Waals surface area contributed by atoms with Crippen LogP contribution in [0, 0.1) is 5.92 Å². The molecule has 3 aromatic rings. The number of aromatic nitrogens is 2. The second-order valence-electron chi connectivity index (χ2n) is 7.98. The lowest BCUT2D eigenvalue weighted by Crippen LogP contribution is -2.49. The monoisotopic (exact) mass is 425 g/mol. The Hall–Kier alpha value is -2.71. The SMILES string of the molecule is CC(C)C(=O)N1CCN(Cc2nc3cc(NC(=O)c4cccs4)ccc3n2C)CC1. The van der Waals surface area contributed by atoms with E-state index in [0.29, 0.717) is 4.88 Å². The molecule has 2 amide bonds. The number of nitrogens with one attached hydrogen (secondary N) is 1. The Labute approximate surface area is 180 Å². The highest BCUT2D eigenvalue weighted by atomic mass is 32.1. The van der Waals surface area contributed by atoms with Crippen LogP contribution in [-0.2, 0) is 18.4 Å². The van der Waals surface area contributed by atoms with Gasteiger partial charge in [0.05, 0.1) is 22.5 Å². The summed E-state index contributed by atoms with van der Waals surface area (Å²) in [5, 5.41) is 4.84. The van der Waals surface area contributed by atoms with Gasteiger partial charge >= 0.3 is 0 Å². The van der Waals surface area contributed by atoms with Gasteiger partial charge in [-0.25, -0.2) is 4.98 Å². The summed E-state index contributed by atoms with van der Waals surface area (Å²) in [4.78, 5) is 34.3. The molecule has 1 aliphatic heterocycles. The number of imidazole rings is 1. The van der Waals surface area contributed by atoms with Gasteiger partial charge in [0.15, 0.2) is 0 Å². The number of piperazine rings is 1. The summed E-state index contributed by atoms with van der Waals surface area (Å²) in [6, 6.07) is 9.51. The molecule has 7 nitrogen and oxygen atoms in total. The predicted octanol–water partition coefficient (Wildman–Crippen LogP) is 3.19. The average Bonchev–Trinajstić information content (AvgIpc) is 3.37. The van der Waals surface area contributed by atoms with Crippen molar-refractivity contribution in [3.63, 3.8) is 0 Å². The van der Waals surface area contributed by atoms with Crippen LogP contribution in [0.15, 0.2) is 35.7 Å². The van der Waals surface area contributed by atoms with E-state index in [9.17, 15) is 9.59 Å². The van der Waals surface area contributed by atoms with Crippen molar-refractivity contribution in [3.8, 4) is 0 Å². The molecule has 30 heavy (non-hydrogen) atoms. The molecule has 1 N–H and O–H groups in total. The number of benzene rings is 1. The van der Waals surface area contributed by atoms with Crippen molar-refractivity contribution in [1.29, 1.82) is 0 Å². The maximum atomic E-state index is 12.3. The first-order chi connectivity index (χ1) is 14.4. The molecule has 1 fully saturated rings. The van der Waals surface area contributed by atoms with Crippen LogP contribution in [0.1, 0.15) is 29.3 Å². The highest BCUT2D eigenvalue weighted by Crippen LogP contribution is 2.22. The number of rotatable bonds is 5. The van der Waals surface area contributed by atoms with E-state index in [4.69, 9.17) is 4.98 Å². The molecule has 1 aliphatic rings. The van der Waals surface area contributed by atoms with E-state index in [1.165, 1.54) is 11.3 Å². The maximum absolute atomic E-state index is 12.3. The van der Waals surface area contributed by atoms with E-state index >= 15 is 0 Å². The van der Waals surface area contributed by atoms with E-state index in [1.807, 2.05) is 61.5 Å². The van der Waals surface area contributed by atoms with E-state index in [-0.39, 0.29) is 17.7 Å². The van der Waals surface area contributed by atoms with Crippen molar-refractivity contribution >= 4 is 39.9 Å². The third kappa shape index (κ3) is 4.24. The van der Waals surface area contributed by atoms with Gasteiger partial charge in [0, 0.05) is 44.8 Å². The first-order valence-electron chi connectivity index (χ1n) is 10.2. The second kappa shape index (κ2) is 8.57. The lowest BCUT2D eigenvalue weighted by Gasteiger charge is -2.35. The third-order valence-corrected chi connectivity index (χ3v) is 6.39. The Bertz CT molecular complexity index is 1050. The van der Waals surface area contributed by atoms with Crippen molar-refractivity contribution in [2.45, 2.75) is 20.4 Å². The first kappa shape index (κ1) is 20.6. The Kier molecular flexibility index (Phi) is 5.87. The molecule has 0 spiro atoms. The van der Waals surface area contributed by atoms with E-state index in [0.717, 1.165) is 55.3 Å². The highest BCUT2D eigenvalue weighted by Gasteiger charge is 2.23. The smallest absolute Gasteiger partial charge is 0.265 e. The number of carbonyl (C=O) groups is 2. The minimum absolute atomic E-state index is 0.0471. The Morgan fingerprint density at radius 2 is 1.93 bits per heavy atom. The number of hydrogen-bond acceptors (Lipinski definition) is 5. The minimum Gasteiger partial charge on any atom is -0.340 e. The molecule has 3 heterocycles. The molecule has 0 bridgehead atoms. The number of carbonyl (C=O) groups excluding carboxylic acids is 2. The molecule has 0 saturated carbocycles. The topological polar surface area (TPSA) is 70.5 Å². The van der Waals surface area contributed by atoms with Crippen LogP contribution in [0.5, 0.6) is 0 Å². The van der Waals surface area contributed by atoms with Gasteiger partial charge in [0.2, 0.25) is 5.91 Å². The summed E-state index contributed by atoms with van der Waals surface area (Å²) >= 11 is 1.42. The van der Waals surface area contributed by atoms with Gasteiger partial charge in [-0.2, -0.15) is 0 Å². The van der Waals surface area contributed by atoms with Gasteiger partial charge < -0.3 is 14.8 Å². The van der Waals surface area contributed by atoms with Crippen LogP contribution in [0.25, 0.3) is 11.0 Å². The molecule has 0 atom stereocenters. The summed E-state index contributed by atoms with van der Waals surface area (Å²) < 4.78 is 2.10. The molecule has 1 saturated heterocycles. The zero-order chi connectivity index (χ0) is 21.3. The largest absolute Gasteiger partial charge is 0.340 e. The molecule has 158 valence electrons. The third-order valence-electron chi connectivity index (χ3n) is 5.52. The number of hydrogen-bond donors (Lipinski definition) is 1. The van der Waals surface area contributed by atoms with Crippen molar-refractivity contribution in [2.24, 2.45) is 13.0 Å². The van der Waals surface area contributed by atoms with Gasteiger partial charge in [0.1, 0.15) is 5.82 Å². The van der Waals surface area contributed by atoms with E-state index in [1.54, 1.807) is 0 Å². The number of nitrogens with zero attached hydrogens (tertiary/aromatic N) is 4. The van der Waals surface area contributed by atoms with Gasteiger partial charge in [-0.15, -0.1) is 11.3 Å². The molecular weight excluding hydrogens is 398 g/mol. The lowest BCUT2D eigenvalue weighted by atomic mass is 10.1. The van der Waals surface area contributed by atoms with Gasteiger partial charge in [-0.05, 0) is 29.6 Å². The van der Waals surface area contributed by atoms with Crippen LogP contribution in [-0.4, -0.2) is 57.3 Å². The lowest BCUT2D eigenvalue weighted by molar-refractivity contribution is -0.136. The fourth-order valence-electron chi connectivity index (χ4n) is 3.76. The Morgan fingerprint density at radius 3 is 2.60 bits per heavy atom. The van der Waals surface area contributed by atoms with Gasteiger partial charge in [0.25, 0.3) is 5.91 Å². The summed E-state index contributed by atoms with van der Waals surface area (Å²) in [7, 11) is 2.02. The summed E-state index contributed by atoms with van der Waals surface area (Å²) in [6.45, 7) is 7.87. The Balaban J connectivity index is 1.43. The van der Waals surface area contributed by atoms with Crippen molar-refractivity contribution in [2.75, 3.05) is 31.5 Å². The van der Waals surface area contributed by atoms with Crippen LogP contribution in [0.4, 0.5) is 5.69 Å². The normalized spacial score (nSPS) is 15.1. The quantitative estimate of drug-likeness (QED) is 0.682. The minimum atomic E-state index is -0.102. The van der Waals surface area contributed by atoms with Crippen molar-refractivity contribution < 1.29 is 9.59 Å². The van der Waals surface area contributed by atoms with Gasteiger partial charge in [-0.3, -0.25) is 14.5 Å². The summed E-state index contributed by atoms with van der Waals surface area (Å²) in [6.07, 6.45) is 0. The zero-order valence-corrected chi connectivity index (χ0v) is 18.4. The fourth-order valence-corrected chi connectivity index (χ4v) is 4.38. The zero-order valence-electron chi connectivity index (χ0n) is 17.6. The predicted molar refractivity (Wildman–Crippen MR) is 120 cm³/mol. The number of thiophene rings is 1. The molecular formula is C22H27N5O2S. The van der Waals surface area contributed by atoms with Gasteiger partial charge in [-0.1, -0.05) is 19.9 Å². The van der Waals surface area contributed by atoms with Crippen LogP contribution >= 0.6 is 11.3 Å². The molecule has 0 radical (unpaired) electrons. The maximum Gasteiger partial charge on any atom is 0.265 e. The molecule has 0 unspecified atom stereocenters. The average molecular weight is 426 g/mol. The van der Waals surface area contributed by atoms with Crippen LogP contribution < -0.4 is 5.32 Å². The molecule has 0 aliphatic carbocycles. The van der Waals surface area contributed by atoms with E-state index in [2.05, 4.69) is 14.8 Å². The van der Waals surface area contributed by atoms with Crippen molar-refractivity contribution in [1.82, 2.24) is 19.4 Å². The van der Waals surface area contributed by atoms with E-state index < -0.39 is 0 Å². The fraction of sp³-hybridized carbons (Fsp3) is 0.409. The van der Waals surface area contributed by atoms with Crippen molar-refractivity contribution in [3.05, 3.63) is 46.4 Å². The molecule has 8 heteroatoms.